The van der Waals surface area contributed by atoms with E-state index in [0.717, 1.165) is 11.1 Å². The fourth-order valence-corrected chi connectivity index (χ4v) is 4.17. The van der Waals surface area contributed by atoms with E-state index in [1.165, 1.54) is 6.92 Å². The predicted molar refractivity (Wildman–Crippen MR) is 147 cm³/mol. The molecule has 0 aliphatic carbocycles. The maximum absolute atomic E-state index is 12.7. The van der Waals surface area contributed by atoms with Crippen molar-refractivity contribution in [2.45, 2.75) is 39.0 Å². The molecular formula is C29H30N6O5. The second kappa shape index (κ2) is 13.7. The molecule has 1 saturated heterocycles. The topological polar surface area (TPSA) is 146 Å². The predicted octanol–water partition coefficient (Wildman–Crippen LogP) is 3.99. The molecule has 0 saturated carbocycles. The number of hydrogen-bond donors (Lipinski definition) is 3. The van der Waals surface area contributed by atoms with Gasteiger partial charge < -0.3 is 15.0 Å². The van der Waals surface area contributed by atoms with Crippen molar-refractivity contribution in [1.82, 2.24) is 15.4 Å². The first-order valence-electron chi connectivity index (χ1n) is 12.8. The highest BCUT2D eigenvalue weighted by molar-refractivity contribution is 5.99. The fraction of sp³-hybridized carbons (Fsp3) is 0.276. The number of rotatable bonds is 9. The molecule has 2 aromatic carbocycles. The van der Waals surface area contributed by atoms with E-state index < -0.39 is 12.0 Å². The van der Waals surface area contributed by atoms with Crippen molar-refractivity contribution in [3.05, 3.63) is 89.1 Å². The number of hydroxylamine groups is 1. The molecule has 1 aliphatic heterocycles. The number of benzene rings is 2. The van der Waals surface area contributed by atoms with Gasteiger partial charge in [0, 0.05) is 51.3 Å². The SMILES string of the molecule is CC(=O)N1CCC(OC(=O)Nc2cc(CNc3ccccc3C(=O)NOCc3ccc(C#N)cc3)ccn2)CC1. The minimum absolute atomic E-state index is 0.0220. The highest BCUT2D eigenvalue weighted by atomic mass is 16.6. The van der Waals surface area contributed by atoms with Crippen molar-refractivity contribution in [3.8, 4) is 6.07 Å². The number of para-hydroxylation sites is 1. The minimum atomic E-state index is -0.595. The van der Waals surface area contributed by atoms with Gasteiger partial charge in [-0.15, -0.1) is 0 Å². The number of nitriles is 1. The second-order valence-corrected chi connectivity index (χ2v) is 9.21. The Morgan fingerprint density at radius 2 is 1.80 bits per heavy atom. The molecule has 40 heavy (non-hydrogen) atoms. The van der Waals surface area contributed by atoms with Crippen LogP contribution in [0.25, 0.3) is 0 Å². The Balaban J connectivity index is 1.27. The van der Waals surface area contributed by atoms with Gasteiger partial charge in [-0.1, -0.05) is 24.3 Å². The minimum Gasteiger partial charge on any atom is -0.446 e. The number of nitrogens with zero attached hydrogens (tertiary/aromatic N) is 3. The molecule has 0 atom stereocenters. The molecule has 1 aromatic heterocycles. The van der Waals surface area contributed by atoms with Crippen molar-refractivity contribution in [2.75, 3.05) is 23.7 Å². The molecule has 0 bridgehead atoms. The van der Waals surface area contributed by atoms with E-state index in [2.05, 4.69) is 27.2 Å². The van der Waals surface area contributed by atoms with Gasteiger partial charge in [0.15, 0.2) is 0 Å². The maximum Gasteiger partial charge on any atom is 0.413 e. The Kier molecular flexibility index (Phi) is 9.63. The number of carbonyl (C=O) groups is 3. The van der Waals surface area contributed by atoms with Gasteiger partial charge in [0.25, 0.3) is 5.91 Å². The van der Waals surface area contributed by atoms with Gasteiger partial charge in [0.05, 0.1) is 23.8 Å². The van der Waals surface area contributed by atoms with Gasteiger partial charge in [0.2, 0.25) is 5.91 Å². The molecule has 0 spiro atoms. The quantitative estimate of drug-likeness (QED) is 0.344. The number of piperidine rings is 1. The number of likely N-dealkylation sites (tertiary alicyclic amines) is 1. The molecule has 4 rings (SSSR count). The first-order valence-corrected chi connectivity index (χ1v) is 12.8. The zero-order valence-corrected chi connectivity index (χ0v) is 22.1. The summed E-state index contributed by atoms with van der Waals surface area (Å²) in [4.78, 5) is 47.9. The first kappa shape index (κ1) is 28.1. The van der Waals surface area contributed by atoms with Gasteiger partial charge in [-0.05, 0) is 47.5 Å². The van der Waals surface area contributed by atoms with Gasteiger partial charge in [-0.3, -0.25) is 19.7 Å². The summed E-state index contributed by atoms with van der Waals surface area (Å²) in [6, 6.07) is 19.5. The monoisotopic (exact) mass is 542 g/mol. The van der Waals surface area contributed by atoms with E-state index in [9.17, 15) is 14.4 Å². The summed E-state index contributed by atoms with van der Waals surface area (Å²) in [5.74, 6) is -0.0489. The number of pyridine rings is 1. The molecule has 11 heteroatoms. The molecule has 3 aromatic rings. The molecule has 0 unspecified atom stereocenters. The lowest BCUT2D eigenvalue weighted by atomic mass is 10.1. The number of carbonyl (C=O) groups excluding carboxylic acids is 3. The molecule has 3 N–H and O–H groups in total. The van der Waals surface area contributed by atoms with Crippen LogP contribution in [0, 0.1) is 11.3 Å². The van der Waals surface area contributed by atoms with Gasteiger partial charge in [-0.2, -0.15) is 5.26 Å². The molecule has 1 aliphatic rings. The van der Waals surface area contributed by atoms with Crippen LogP contribution in [0.15, 0.2) is 66.9 Å². The Morgan fingerprint density at radius 1 is 1.05 bits per heavy atom. The van der Waals surface area contributed by atoms with Gasteiger partial charge in [-0.25, -0.2) is 15.3 Å². The molecule has 206 valence electrons. The zero-order valence-electron chi connectivity index (χ0n) is 22.1. The van der Waals surface area contributed by atoms with Crippen molar-refractivity contribution in [2.24, 2.45) is 0 Å². The summed E-state index contributed by atoms with van der Waals surface area (Å²) in [6.07, 6.45) is 1.92. The Hall–Kier alpha value is -4.95. The highest BCUT2D eigenvalue weighted by Crippen LogP contribution is 2.18. The van der Waals surface area contributed by atoms with Crippen LogP contribution in [0.5, 0.6) is 0 Å². The summed E-state index contributed by atoms with van der Waals surface area (Å²) in [5.41, 5.74) is 5.64. The number of aromatic nitrogens is 1. The molecule has 2 heterocycles. The number of anilines is 2. The second-order valence-electron chi connectivity index (χ2n) is 9.21. The summed E-state index contributed by atoms with van der Waals surface area (Å²) < 4.78 is 5.49. The summed E-state index contributed by atoms with van der Waals surface area (Å²) in [5, 5.41) is 14.8. The standard InChI is InChI=1S/C29H30N6O5/c1-20(36)35-14-11-24(12-15-35)40-29(38)33-27-16-23(10-13-31-27)18-32-26-5-3-2-4-25(26)28(37)34-39-19-22-8-6-21(17-30)7-9-22/h2-10,13,16,24,32H,11-12,14-15,18-19H2,1H3,(H,34,37)(H,31,33,38). The van der Waals surface area contributed by atoms with Gasteiger partial charge in [0.1, 0.15) is 11.9 Å². The van der Waals surface area contributed by atoms with Crippen LogP contribution in [0.3, 0.4) is 0 Å². The number of nitrogens with one attached hydrogen (secondary N) is 3. The van der Waals surface area contributed by atoms with Crippen molar-refractivity contribution < 1.29 is 24.0 Å². The third-order valence-corrected chi connectivity index (χ3v) is 6.36. The molecule has 1 fully saturated rings. The van der Waals surface area contributed by atoms with Crippen LogP contribution >= 0.6 is 0 Å². The lowest BCUT2D eigenvalue weighted by molar-refractivity contribution is -0.130. The van der Waals surface area contributed by atoms with Crippen LogP contribution in [0.4, 0.5) is 16.3 Å². The summed E-state index contributed by atoms with van der Waals surface area (Å²) >= 11 is 0. The maximum atomic E-state index is 12.7. The molecule has 11 nitrogen and oxygen atoms in total. The van der Waals surface area contributed by atoms with Gasteiger partial charge >= 0.3 is 6.09 Å². The fourth-order valence-electron chi connectivity index (χ4n) is 4.17. The van der Waals surface area contributed by atoms with Crippen LogP contribution in [0.1, 0.15) is 46.8 Å². The summed E-state index contributed by atoms with van der Waals surface area (Å²) in [7, 11) is 0. The number of ether oxygens (including phenoxy) is 1. The van der Waals surface area contributed by atoms with E-state index in [1.807, 2.05) is 6.07 Å². The Bertz CT molecular complexity index is 1380. The van der Waals surface area contributed by atoms with Crippen molar-refractivity contribution in [1.29, 1.82) is 5.26 Å². The number of hydrogen-bond acceptors (Lipinski definition) is 8. The first-order chi connectivity index (χ1) is 19.4. The Morgan fingerprint density at radius 3 is 2.52 bits per heavy atom. The van der Waals surface area contributed by atoms with Crippen LogP contribution in [0.2, 0.25) is 0 Å². The van der Waals surface area contributed by atoms with Crippen molar-refractivity contribution in [3.63, 3.8) is 0 Å². The zero-order chi connectivity index (χ0) is 28.3. The molecule has 3 amide bonds. The van der Waals surface area contributed by atoms with E-state index in [4.69, 9.17) is 14.8 Å². The third kappa shape index (κ3) is 8.02. The third-order valence-electron chi connectivity index (χ3n) is 6.36. The summed E-state index contributed by atoms with van der Waals surface area (Å²) in [6.45, 7) is 3.18. The van der Waals surface area contributed by atoms with E-state index in [0.29, 0.717) is 55.1 Å². The van der Waals surface area contributed by atoms with E-state index >= 15 is 0 Å². The highest BCUT2D eigenvalue weighted by Gasteiger charge is 2.23. The average Bonchev–Trinajstić information content (AvgIpc) is 2.97. The van der Waals surface area contributed by atoms with E-state index in [-0.39, 0.29) is 18.6 Å². The van der Waals surface area contributed by atoms with Crippen molar-refractivity contribution >= 4 is 29.4 Å². The van der Waals surface area contributed by atoms with E-state index in [1.54, 1.807) is 65.7 Å². The number of amides is 3. The van der Waals surface area contributed by atoms with Crippen LogP contribution < -0.4 is 16.1 Å². The molecular weight excluding hydrogens is 512 g/mol. The lowest BCUT2D eigenvalue weighted by Crippen LogP contribution is -2.40. The Labute approximate surface area is 232 Å². The average molecular weight is 543 g/mol. The smallest absolute Gasteiger partial charge is 0.413 e. The normalized spacial score (nSPS) is 13.2. The van der Waals surface area contributed by atoms with Crippen LogP contribution in [-0.4, -0.2) is 47.0 Å². The van der Waals surface area contributed by atoms with Crippen LogP contribution in [-0.2, 0) is 27.5 Å². The largest absolute Gasteiger partial charge is 0.446 e. The molecule has 0 radical (unpaired) electrons. The lowest BCUT2D eigenvalue weighted by Gasteiger charge is -2.30.